The second-order valence-electron chi connectivity index (χ2n) is 14.1. The van der Waals surface area contributed by atoms with Crippen LogP contribution in [0.5, 0.6) is 0 Å². The summed E-state index contributed by atoms with van der Waals surface area (Å²) in [6.07, 6.45) is 6.89. The summed E-state index contributed by atoms with van der Waals surface area (Å²) in [5.74, 6) is 0.973. The number of ketones is 1. The summed E-state index contributed by atoms with van der Waals surface area (Å²) in [5.41, 5.74) is 3.56. The minimum Gasteiger partial charge on any atom is -0.512 e. The molecule has 0 saturated carbocycles. The van der Waals surface area contributed by atoms with E-state index < -0.39 is 7.92 Å². The number of nitrogens with zero attached hydrogens (tertiary/aromatic N) is 1. The zero-order valence-corrected chi connectivity index (χ0v) is 37.7. The van der Waals surface area contributed by atoms with Crippen LogP contribution < -0.4 is 15.9 Å². The summed E-state index contributed by atoms with van der Waals surface area (Å²) in [5, 5.41) is 19.2. The van der Waals surface area contributed by atoms with Gasteiger partial charge < -0.3 is 5.11 Å². The Morgan fingerprint density at radius 1 is 0.727 bits per heavy atom. The molecule has 1 radical (unpaired) electrons. The van der Waals surface area contributed by atoms with Crippen molar-refractivity contribution in [3.8, 4) is 11.3 Å². The zero-order valence-electron chi connectivity index (χ0n) is 32.7. The summed E-state index contributed by atoms with van der Waals surface area (Å²) in [7, 11) is -0.665. The van der Waals surface area contributed by atoms with Crippen LogP contribution >= 0.6 is 7.92 Å². The number of pyridine rings is 1. The van der Waals surface area contributed by atoms with Gasteiger partial charge in [-0.1, -0.05) is 27.7 Å². The Labute approximate surface area is 348 Å². The number of benzene rings is 5. The second-order valence-corrected chi connectivity index (χ2v) is 18.5. The smallest absolute Gasteiger partial charge is 0.162 e. The Hall–Kier alpha value is -3.68. The molecule has 0 amide bonds. The minimum absolute atomic E-state index is 0. The monoisotopic (exact) mass is 989 g/mol. The van der Waals surface area contributed by atoms with Gasteiger partial charge in [0.2, 0.25) is 0 Å². The van der Waals surface area contributed by atoms with Gasteiger partial charge in [-0.25, -0.2) is 0 Å². The first-order chi connectivity index (χ1) is 26.3. The van der Waals surface area contributed by atoms with E-state index in [1.807, 2.05) is 33.9 Å². The third-order valence-corrected chi connectivity index (χ3v) is 15.9. The Kier molecular flexibility index (Phi) is 15.4. The van der Waals surface area contributed by atoms with E-state index in [2.05, 4.69) is 135 Å². The van der Waals surface area contributed by atoms with Crippen LogP contribution in [-0.4, -0.2) is 30.4 Å². The number of hydrogen-bond acceptors (Lipinski definition) is 3. The van der Waals surface area contributed by atoms with E-state index in [1.54, 1.807) is 0 Å². The fourth-order valence-electron chi connectivity index (χ4n) is 7.30. The molecule has 2 heterocycles. The van der Waals surface area contributed by atoms with Crippen LogP contribution in [0.4, 0.5) is 0 Å². The van der Waals surface area contributed by atoms with Gasteiger partial charge >= 0.3 is 237 Å². The van der Waals surface area contributed by atoms with Crippen LogP contribution in [0.15, 0.2) is 133 Å². The van der Waals surface area contributed by atoms with Gasteiger partial charge in [-0.05, 0) is 25.7 Å². The molecular formula is C49H51IrNO2PSe-. The first-order valence-corrected chi connectivity index (χ1v) is 22.4. The molecule has 0 aliphatic rings. The number of hydrogen-bond donors (Lipinski definition) is 1. The predicted molar refractivity (Wildman–Crippen MR) is 235 cm³/mol. The van der Waals surface area contributed by atoms with Gasteiger partial charge in [-0.15, -0.1) is 0 Å². The van der Waals surface area contributed by atoms with Crippen molar-refractivity contribution in [2.75, 3.05) is 0 Å². The fourth-order valence-corrected chi connectivity index (χ4v) is 13.0. The summed E-state index contributed by atoms with van der Waals surface area (Å²) < 4.78 is 2.88. The van der Waals surface area contributed by atoms with Crippen molar-refractivity contribution in [2.24, 2.45) is 11.8 Å². The topological polar surface area (TPSA) is 50.2 Å². The predicted octanol–water partition coefficient (Wildman–Crippen LogP) is 11.8. The number of carbonyl (C=O) groups excluding carboxylic acids is 1. The standard InChI is InChI=1S/C36H27NPSe.C13H24O2.Ir/c1-24(2)32-23-26(22-25-12-9-10-17-29(25)32)34-36-31(20-21-37-34)30-18-11-19-33(35(30)39-36)38(27-13-5-3-6-14-27)28-15-7-4-8-16-28;1-5-10(6-2)12(14)9-13(15)11(7-3)8-4;/h3-21,23-24H,1-2H3;9-11,14H,5-8H2,1-4H3;/q-1;;/b;12-9-;. The number of allylic oxidation sites excluding steroid dienone is 2. The Morgan fingerprint density at radius 3 is 1.89 bits per heavy atom. The summed E-state index contributed by atoms with van der Waals surface area (Å²) >= 11 is 0.145. The molecule has 2 aromatic heterocycles. The van der Waals surface area contributed by atoms with Crippen LogP contribution in [0.2, 0.25) is 0 Å². The van der Waals surface area contributed by atoms with Crippen LogP contribution in [0.25, 0.3) is 41.3 Å². The van der Waals surface area contributed by atoms with Crippen molar-refractivity contribution in [3.05, 3.63) is 145 Å². The normalized spacial score (nSPS) is 11.8. The number of aromatic nitrogens is 1. The molecule has 0 saturated heterocycles. The molecule has 6 heteroatoms. The summed E-state index contributed by atoms with van der Waals surface area (Å²) in [4.78, 5) is 16.7. The third-order valence-electron chi connectivity index (χ3n) is 10.4. The van der Waals surface area contributed by atoms with Gasteiger partial charge in [0.25, 0.3) is 0 Å². The van der Waals surface area contributed by atoms with Gasteiger partial charge in [-0.3, -0.25) is 4.79 Å². The number of aliphatic hydroxyl groups excluding tert-OH is 1. The Bertz CT molecular complexity index is 2320. The molecule has 0 aliphatic carbocycles. The van der Waals surface area contributed by atoms with Crippen LogP contribution in [-0.2, 0) is 24.9 Å². The SMILES string of the molecule is CC(C)c1cc(-c2nccc3c2[se]c2c(P(c4ccccc4)c4ccccc4)cccc23)[c-]c2ccccc12.CCC(CC)C(=O)/C=C(\O)C(CC)CC.[Ir]. The maximum absolute atomic E-state index is 11.7. The van der Waals surface area contributed by atoms with E-state index in [0.717, 1.165) is 36.9 Å². The minimum atomic E-state index is -0.665. The van der Waals surface area contributed by atoms with Crippen molar-refractivity contribution < 1.29 is 30.0 Å². The van der Waals surface area contributed by atoms with Crippen molar-refractivity contribution in [1.82, 2.24) is 4.98 Å². The van der Waals surface area contributed by atoms with Gasteiger partial charge in [0, 0.05) is 38.0 Å². The molecule has 0 aliphatic heterocycles. The van der Waals surface area contributed by atoms with Gasteiger partial charge in [-0.2, -0.15) is 0 Å². The zero-order chi connectivity index (χ0) is 38.2. The average Bonchev–Trinajstić information content (AvgIpc) is 3.59. The molecule has 0 bridgehead atoms. The molecule has 7 rings (SSSR count). The van der Waals surface area contributed by atoms with Crippen molar-refractivity contribution in [2.45, 2.75) is 73.1 Å². The Balaban J connectivity index is 0.000000311. The number of carbonyl (C=O) groups is 1. The molecule has 55 heavy (non-hydrogen) atoms. The molecule has 5 aromatic carbocycles. The molecule has 0 unspecified atom stereocenters. The average molecular weight is 988 g/mol. The van der Waals surface area contributed by atoms with E-state index >= 15 is 0 Å². The maximum Gasteiger partial charge on any atom is 0.162 e. The molecule has 7 aromatic rings. The van der Waals surface area contributed by atoms with Gasteiger partial charge in [0.1, 0.15) is 0 Å². The second kappa shape index (κ2) is 20.0. The molecular weight excluding hydrogens is 937 g/mol. The molecule has 1 N–H and O–H groups in total. The third kappa shape index (κ3) is 9.48. The molecule has 0 spiro atoms. The van der Waals surface area contributed by atoms with Crippen molar-refractivity contribution >= 4 is 74.2 Å². The molecule has 3 nitrogen and oxygen atoms in total. The summed E-state index contributed by atoms with van der Waals surface area (Å²) in [6, 6.07) is 45.9. The van der Waals surface area contributed by atoms with E-state index in [4.69, 9.17) is 4.98 Å². The van der Waals surface area contributed by atoms with E-state index in [0.29, 0.717) is 5.92 Å². The Morgan fingerprint density at radius 2 is 1.29 bits per heavy atom. The van der Waals surface area contributed by atoms with Crippen LogP contribution in [0.1, 0.15) is 78.7 Å². The van der Waals surface area contributed by atoms with Gasteiger partial charge in [0.15, 0.2) is 5.78 Å². The number of fused-ring (bicyclic) bond motifs is 4. The van der Waals surface area contributed by atoms with E-state index in [1.165, 1.54) is 57.6 Å². The molecule has 285 valence electrons. The van der Waals surface area contributed by atoms with Gasteiger partial charge in [0.05, 0.1) is 5.76 Å². The van der Waals surface area contributed by atoms with Crippen molar-refractivity contribution in [1.29, 1.82) is 0 Å². The molecule has 0 atom stereocenters. The van der Waals surface area contributed by atoms with Crippen LogP contribution in [0, 0.1) is 17.9 Å². The van der Waals surface area contributed by atoms with Crippen molar-refractivity contribution in [3.63, 3.8) is 0 Å². The largest absolute Gasteiger partial charge is 0.512 e. The number of rotatable bonds is 12. The fraction of sp³-hybridized carbons (Fsp3) is 0.265. The number of aliphatic hydroxyl groups is 1. The quantitative estimate of drug-likeness (QED) is 0.0436. The molecule has 0 fully saturated rings. The first kappa shape index (κ1) is 42.5. The maximum atomic E-state index is 11.7. The van der Waals surface area contributed by atoms with E-state index in [-0.39, 0.29) is 58.0 Å². The van der Waals surface area contributed by atoms with E-state index in [9.17, 15) is 9.90 Å². The van der Waals surface area contributed by atoms with Crippen LogP contribution in [0.3, 0.4) is 0 Å². The summed E-state index contributed by atoms with van der Waals surface area (Å²) in [6.45, 7) is 12.6. The first-order valence-electron chi connectivity index (χ1n) is 19.4.